The monoisotopic (exact) mass is 251 g/mol. The van der Waals surface area contributed by atoms with Gasteiger partial charge in [0.25, 0.3) is 0 Å². The van der Waals surface area contributed by atoms with Crippen molar-refractivity contribution in [2.45, 2.75) is 58.8 Å². The first-order valence-electron chi connectivity index (χ1n) is 7.17. The van der Waals surface area contributed by atoms with Crippen molar-refractivity contribution in [3.8, 4) is 0 Å². The van der Waals surface area contributed by atoms with Crippen LogP contribution < -0.4 is 5.32 Å². The fraction of sp³-hybridized carbons (Fsp3) is 0.733. The van der Waals surface area contributed by atoms with Crippen LogP contribution in [0.3, 0.4) is 0 Å². The maximum Gasteiger partial charge on any atom is 0.129 e. The molecule has 18 heavy (non-hydrogen) atoms. The average molecular weight is 251 g/mol. The Morgan fingerprint density at radius 2 is 1.94 bits per heavy atom. The van der Waals surface area contributed by atoms with Gasteiger partial charge in [-0.25, -0.2) is 0 Å². The first-order valence-corrected chi connectivity index (χ1v) is 7.17. The standard InChI is InChI=1S/C15H25NO2/c1-3-16-10-14-8-9-15(18-14)11-17-13-6-4-12(2)5-7-13/h8-9,12-13,16H,3-7,10-11H2,1-2H3. The molecule has 2 rings (SSSR count). The lowest BCUT2D eigenvalue weighted by Crippen LogP contribution is -2.20. The van der Waals surface area contributed by atoms with Gasteiger partial charge < -0.3 is 14.5 Å². The second-order valence-electron chi connectivity index (χ2n) is 5.34. The molecule has 1 heterocycles. The van der Waals surface area contributed by atoms with E-state index in [1.807, 2.05) is 12.1 Å². The Labute approximate surface area is 110 Å². The summed E-state index contributed by atoms with van der Waals surface area (Å²) in [6, 6.07) is 4.06. The van der Waals surface area contributed by atoms with Gasteiger partial charge in [0, 0.05) is 0 Å². The zero-order valence-electron chi connectivity index (χ0n) is 11.6. The van der Waals surface area contributed by atoms with Gasteiger partial charge >= 0.3 is 0 Å². The zero-order valence-corrected chi connectivity index (χ0v) is 11.6. The van der Waals surface area contributed by atoms with Crippen LogP contribution in [0.4, 0.5) is 0 Å². The van der Waals surface area contributed by atoms with Crippen molar-refractivity contribution in [1.82, 2.24) is 5.32 Å². The predicted octanol–water partition coefficient (Wildman–Crippen LogP) is 3.48. The molecule has 0 saturated heterocycles. The number of furan rings is 1. The van der Waals surface area contributed by atoms with Crippen LogP contribution in [0.1, 0.15) is 51.1 Å². The molecule has 3 heteroatoms. The van der Waals surface area contributed by atoms with E-state index < -0.39 is 0 Å². The van der Waals surface area contributed by atoms with Crippen molar-refractivity contribution < 1.29 is 9.15 Å². The molecular weight excluding hydrogens is 226 g/mol. The predicted molar refractivity (Wildman–Crippen MR) is 72.3 cm³/mol. The molecule has 0 aliphatic heterocycles. The van der Waals surface area contributed by atoms with E-state index in [9.17, 15) is 0 Å². The van der Waals surface area contributed by atoms with E-state index in [0.717, 1.165) is 30.5 Å². The molecule has 102 valence electrons. The van der Waals surface area contributed by atoms with E-state index in [1.165, 1.54) is 25.7 Å². The number of hydrogen-bond donors (Lipinski definition) is 1. The topological polar surface area (TPSA) is 34.4 Å². The molecule has 0 radical (unpaired) electrons. The average Bonchev–Trinajstić information content (AvgIpc) is 2.84. The number of nitrogens with one attached hydrogen (secondary N) is 1. The Balaban J connectivity index is 1.71. The van der Waals surface area contributed by atoms with E-state index in [1.54, 1.807) is 0 Å². The Bertz CT molecular complexity index is 340. The molecule has 1 aromatic heterocycles. The van der Waals surface area contributed by atoms with Crippen molar-refractivity contribution in [1.29, 1.82) is 0 Å². The van der Waals surface area contributed by atoms with Gasteiger partial charge in [-0.05, 0) is 50.3 Å². The second-order valence-corrected chi connectivity index (χ2v) is 5.34. The maximum atomic E-state index is 5.92. The molecule has 0 spiro atoms. The second kappa shape index (κ2) is 6.95. The summed E-state index contributed by atoms with van der Waals surface area (Å²) in [6.45, 7) is 6.81. The van der Waals surface area contributed by atoms with Gasteiger partial charge in [-0.15, -0.1) is 0 Å². The number of rotatable bonds is 6. The highest BCUT2D eigenvalue weighted by Crippen LogP contribution is 2.26. The fourth-order valence-electron chi connectivity index (χ4n) is 2.44. The molecular formula is C15H25NO2. The summed E-state index contributed by atoms with van der Waals surface area (Å²) in [5.74, 6) is 2.81. The van der Waals surface area contributed by atoms with Gasteiger partial charge in [0.15, 0.2) is 0 Å². The minimum absolute atomic E-state index is 0.434. The Kier molecular flexibility index (Phi) is 5.26. The smallest absolute Gasteiger partial charge is 0.129 e. The summed E-state index contributed by atoms with van der Waals surface area (Å²) in [5, 5.41) is 3.25. The number of hydrogen-bond acceptors (Lipinski definition) is 3. The molecule has 0 amide bonds. The summed E-state index contributed by atoms with van der Waals surface area (Å²) in [6.07, 6.45) is 5.44. The molecule has 1 aliphatic rings. The van der Waals surface area contributed by atoms with Crippen LogP contribution in [0.25, 0.3) is 0 Å². The van der Waals surface area contributed by atoms with Crippen molar-refractivity contribution in [3.63, 3.8) is 0 Å². The van der Waals surface area contributed by atoms with Crippen molar-refractivity contribution in [3.05, 3.63) is 23.7 Å². The van der Waals surface area contributed by atoms with E-state index in [4.69, 9.17) is 9.15 Å². The molecule has 3 nitrogen and oxygen atoms in total. The highest BCUT2D eigenvalue weighted by Gasteiger charge is 2.18. The summed E-state index contributed by atoms with van der Waals surface area (Å²) in [7, 11) is 0. The molecule has 0 aromatic carbocycles. The fourth-order valence-corrected chi connectivity index (χ4v) is 2.44. The minimum Gasteiger partial charge on any atom is -0.462 e. The van der Waals surface area contributed by atoms with Gasteiger partial charge in [-0.2, -0.15) is 0 Å². The summed E-state index contributed by atoms with van der Waals surface area (Å²) in [5.41, 5.74) is 0. The Hall–Kier alpha value is -0.800. The van der Waals surface area contributed by atoms with Crippen LogP contribution in [-0.4, -0.2) is 12.6 Å². The first-order chi connectivity index (χ1) is 8.78. The SMILES string of the molecule is CCNCc1ccc(COC2CCC(C)CC2)o1. The Morgan fingerprint density at radius 1 is 1.22 bits per heavy atom. The third kappa shape index (κ3) is 4.14. The normalized spacial score (nSPS) is 24.3. The molecule has 1 fully saturated rings. The lowest BCUT2D eigenvalue weighted by Gasteiger charge is -2.25. The zero-order chi connectivity index (χ0) is 12.8. The van der Waals surface area contributed by atoms with Crippen LogP contribution in [0.15, 0.2) is 16.5 Å². The quantitative estimate of drug-likeness (QED) is 0.840. The van der Waals surface area contributed by atoms with Gasteiger partial charge in [0.1, 0.15) is 18.1 Å². The van der Waals surface area contributed by atoms with Gasteiger partial charge in [-0.1, -0.05) is 13.8 Å². The Morgan fingerprint density at radius 3 is 2.67 bits per heavy atom. The van der Waals surface area contributed by atoms with Crippen LogP contribution in [0, 0.1) is 5.92 Å². The van der Waals surface area contributed by atoms with E-state index in [-0.39, 0.29) is 0 Å². The third-order valence-electron chi connectivity index (χ3n) is 3.69. The lowest BCUT2D eigenvalue weighted by molar-refractivity contribution is 0.000898. The minimum atomic E-state index is 0.434. The molecule has 1 N–H and O–H groups in total. The molecule has 1 aromatic rings. The van der Waals surface area contributed by atoms with Crippen molar-refractivity contribution in [2.75, 3.05) is 6.54 Å². The molecule has 1 aliphatic carbocycles. The molecule has 0 unspecified atom stereocenters. The van der Waals surface area contributed by atoms with Gasteiger partial charge in [-0.3, -0.25) is 0 Å². The highest BCUT2D eigenvalue weighted by molar-refractivity contribution is 5.06. The third-order valence-corrected chi connectivity index (χ3v) is 3.69. The van der Waals surface area contributed by atoms with Crippen molar-refractivity contribution in [2.24, 2.45) is 5.92 Å². The first kappa shape index (κ1) is 13.6. The van der Waals surface area contributed by atoms with E-state index in [0.29, 0.717) is 12.7 Å². The molecule has 0 bridgehead atoms. The van der Waals surface area contributed by atoms with Gasteiger partial charge in [0.05, 0.1) is 12.6 Å². The van der Waals surface area contributed by atoms with Crippen LogP contribution in [-0.2, 0) is 17.9 Å². The highest BCUT2D eigenvalue weighted by atomic mass is 16.5. The van der Waals surface area contributed by atoms with E-state index >= 15 is 0 Å². The lowest BCUT2D eigenvalue weighted by atomic mass is 9.89. The molecule has 1 saturated carbocycles. The summed E-state index contributed by atoms with van der Waals surface area (Å²) < 4.78 is 11.6. The van der Waals surface area contributed by atoms with Gasteiger partial charge in [0.2, 0.25) is 0 Å². The van der Waals surface area contributed by atoms with Crippen LogP contribution in [0.2, 0.25) is 0 Å². The largest absolute Gasteiger partial charge is 0.462 e. The van der Waals surface area contributed by atoms with Crippen LogP contribution >= 0.6 is 0 Å². The van der Waals surface area contributed by atoms with Crippen molar-refractivity contribution >= 4 is 0 Å². The summed E-state index contributed by atoms with van der Waals surface area (Å²) in [4.78, 5) is 0. The maximum absolute atomic E-state index is 5.92. The molecule has 0 atom stereocenters. The number of ether oxygens (including phenoxy) is 1. The van der Waals surface area contributed by atoms with Crippen LogP contribution in [0.5, 0.6) is 0 Å². The van der Waals surface area contributed by atoms with E-state index in [2.05, 4.69) is 19.2 Å². The summed E-state index contributed by atoms with van der Waals surface area (Å²) >= 11 is 0.